The van der Waals surface area contributed by atoms with Gasteiger partial charge < -0.3 is 0 Å². The van der Waals surface area contributed by atoms with Crippen molar-refractivity contribution >= 4 is 5.78 Å². The fourth-order valence-corrected chi connectivity index (χ4v) is 0.933. The van der Waals surface area contributed by atoms with E-state index < -0.39 is 0 Å². The maximum Gasteiger partial charge on any atom is 0.188 e. The third kappa shape index (κ3) is 1.78. The van der Waals surface area contributed by atoms with Crippen molar-refractivity contribution in [1.82, 2.24) is 4.98 Å². The number of ketones is 1. The lowest BCUT2D eigenvalue weighted by Crippen LogP contribution is -2.00. The van der Waals surface area contributed by atoms with Gasteiger partial charge in [0.1, 0.15) is 0 Å². The van der Waals surface area contributed by atoms with Crippen molar-refractivity contribution in [2.75, 3.05) is 0 Å². The van der Waals surface area contributed by atoms with Gasteiger partial charge in [0, 0.05) is 17.5 Å². The minimum Gasteiger partial charge on any atom is -0.289 e. The van der Waals surface area contributed by atoms with Crippen molar-refractivity contribution < 1.29 is 4.79 Å². The summed E-state index contributed by atoms with van der Waals surface area (Å²) in [5.74, 6) is -0.0134. The van der Waals surface area contributed by atoms with Gasteiger partial charge in [-0.15, -0.1) is 0 Å². The molecule has 0 atom stereocenters. The largest absolute Gasteiger partial charge is 0.289 e. The number of allylic oxidation sites excluding steroid dienone is 1. The second-order valence-electron chi connectivity index (χ2n) is 2.80. The molecule has 1 aromatic heterocycles. The van der Waals surface area contributed by atoms with Gasteiger partial charge in [0.15, 0.2) is 5.78 Å². The van der Waals surface area contributed by atoms with E-state index in [0.717, 1.165) is 5.69 Å². The average molecular weight is 161 g/mol. The van der Waals surface area contributed by atoms with Crippen molar-refractivity contribution in [1.29, 1.82) is 0 Å². The summed E-state index contributed by atoms with van der Waals surface area (Å²) in [6.07, 6.45) is 1.63. The first-order chi connectivity index (χ1) is 5.61. The Morgan fingerprint density at radius 3 is 2.75 bits per heavy atom. The van der Waals surface area contributed by atoms with E-state index in [0.29, 0.717) is 11.1 Å². The summed E-state index contributed by atoms with van der Waals surface area (Å²) in [4.78, 5) is 15.4. The molecule has 2 heteroatoms. The number of hydrogen-bond acceptors (Lipinski definition) is 2. The zero-order chi connectivity index (χ0) is 9.14. The maximum absolute atomic E-state index is 11.4. The Hall–Kier alpha value is -1.44. The van der Waals surface area contributed by atoms with E-state index in [4.69, 9.17) is 0 Å². The van der Waals surface area contributed by atoms with Gasteiger partial charge >= 0.3 is 0 Å². The second-order valence-corrected chi connectivity index (χ2v) is 2.80. The van der Waals surface area contributed by atoms with E-state index in [2.05, 4.69) is 11.6 Å². The average Bonchev–Trinajstić information content (AvgIpc) is 2.03. The number of rotatable bonds is 2. The van der Waals surface area contributed by atoms with E-state index in [1.54, 1.807) is 25.3 Å². The molecule has 0 aromatic carbocycles. The highest BCUT2D eigenvalue weighted by Gasteiger charge is 2.05. The lowest BCUT2D eigenvalue weighted by Gasteiger charge is -1.99. The van der Waals surface area contributed by atoms with Crippen LogP contribution in [0, 0.1) is 6.92 Å². The molecule has 0 N–H and O–H groups in total. The normalized spacial score (nSPS) is 9.50. The second kappa shape index (κ2) is 3.30. The summed E-state index contributed by atoms with van der Waals surface area (Å²) in [6, 6.07) is 3.46. The number of hydrogen-bond donors (Lipinski definition) is 0. The number of nitrogens with zero attached hydrogens (tertiary/aromatic N) is 1. The van der Waals surface area contributed by atoms with Crippen molar-refractivity contribution in [3.8, 4) is 0 Å². The Kier molecular flexibility index (Phi) is 2.38. The highest BCUT2D eigenvalue weighted by Crippen LogP contribution is 2.06. The minimum atomic E-state index is -0.0134. The molecule has 1 rings (SSSR count). The summed E-state index contributed by atoms with van der Waals surface area (Å²) >= 11 is 0. The van der Waals surface area contributed by atoms with Crippen LogP contribution in [0.4, 0.5) is 0 Å². The fourth-order valence-electron chi connectivity index (χ4n) is 0.933. The number of pyridine rings is 1. The van der Waals surface area contributed by atoms with Crippen LogP contribution in [0.5, 0.6) is 0 Å². The lowest BCUT2D eigenvalue weighted by molar-refractivity contribution is 0.103. The molecule has 62 valence electrons. The molecular formula is C10H11NO. The SMILES string of the molecule is C=C(C)C(=O)c1ccnc(C)c1. The van der Waals surface area contributed by atoms with Crippen molar-refractivity contribution in [2.24, 2.45) is 0 Å². The third-order valence-electron chi connectivity index (χ3n) is 1.55. The molecule has 0 saturated carbocycles. The highest BCUT2D eigenvalue weighted by molar-refractivity contribution is 6.07. The molecule has 0 fully saturated rings. The van der Waals surface area contributed by atoms with Gasteiger partial charge in [-0.25, -0.2) is 0 Å². The Balaban J connectivity index is 3.04. The van der Waals surface area contributed by atoms with Gasteiger partial charge in [-0.05, 0) is 31.6 Å². The molecule has 12 heavy (non-hydrogen) atoms. The Labute approximate surface area is 71.9 Å². The predicted molar refractivity (Wildman–Crippen MR) is 48.1 cm³/mol. The highest BCUT2D eigenvalue weighted by atomic mass is 16.1. The van der Waals surface area contributed by atoms with E-state index in [9.17, 15) is 4.79 Å². The van der Waals surface area contributed by atoms with Crippen LogP contribution in [-0.2, 0) is 0 Å². The first-order valence-corrected chi connectivity index (χ1v) is 3.74. The first-order valence-electron chi connectivity index (χ1n) is 3.74. The first kappa shape index (κ1) is 8.65. The molecule has 2 nitrogen and oxygen atoms in total. The van der Waals surface area contributed by atoms with Crippen LogP contribution in [0.3, 0.4) is 0 Å². The molecule has 1 aromatic rings. The molecule has 0 unspecified atom stereocenters. The molecule has 0 bridgehead atoms. The minimum absolute atomic E-state index is 0.0134. The molecule has 0 aliphatic carbocycles. The van der Waals surface area contributed by atoms with E-state index >= 15 is 0 Å². The van der Waals surface area contributed by atoms with Crippen LogP contribution in [-0.4, -0.2) is 10.8 Å². The molecule has 0 radical (unpaired) electrons. The quantitative estimate of drug-likeness (QED) is 0.491. The van der Waals surface area contributed by atoms with Crippen LogP contribution in [0.1, 0.15) is 23.0 Å². The Bertz CT molecular complexity index is 328. The van der Waals surface area contributed by atoms with Crippen molar-refractivity contribution in [3.05, 3.63) is 41.7 Å². The van der Waals surface area contributed by atoms with Crippen LogP contribution in [0.25, 0.3) is 0 Å². The standard InChI is InChI=1S/C10H11NO/c1-7(2)10(12)9-4-5-11-8(3)6-9/h4-6H,1H2,2-3H3. The number of carbonyl (C=O) groups is 1. The molecule has 0 aliphatic rings. The zero-order valence-corrected chi connectivity index (χ0v) is 7.29. The smallest absolute Gasteiger partial charge is 0.188 e. The van der Waals surface area contributed by atoms with E-state index in [1.807, 2.05) is 6.92 Å². The summed E-state index contributed by atoms with van der Waals surface area (Å²) in [5, 5.41) is 0. The molecule has 0 spiro atoms. The van der Waals surface area contributed by atoms with Gasteiger partial charge in [0.2, 0.25) is 0 Å². The zero-order valence-electron chi connectivity index (χ0n) is 7.29. The van der Waals surface area contributed by atoms with Crippen LogP contribution >= 0.6 is 0 Å². The number of Topliss-reactive ketones (excluding diaryl/α,β-unsaturated/α-hetero) is 1. The van der Waals surface area contributed by atoms with Gasteiger partial charge in [-0.1, -0.05) is 6.58 Å². The van der Waals surface area contributed by atoms with Crippen LogP contribution < -0.4 is 0 Å². The van der Waals surface area contributed by atoms with Crippen molar-refractivity contribution in [2.45, 2.75) is 13.8 Å². The molecule has 0 aliphatic heterocycles. The third-order valence-corrected chi connectivity index (χ3v) is 1.55. The van der Waals surface area contributed by atoms with Gasteiger partial charge in [-0.3, -0.25) is 9.78 Å². The molecule has 0 saturated heterocycles. The summed E-state index contributed by atoms with van der Waals surface area (Å²) < 4.78 is 0. The predicted octanol–water partition coefficient (Wildman–Crippen LogP) is 2.15. The lowest BCUT2D eigenvalue weighted by atomic mass is 10.1. The monoisotopic (exact) mass is 161 g/mol. The molecular weight excluding hydrogens is 150 g/mol. The number of aromatic nitrogens is 1. The maximum atomic E-state index is 11.4. The van der Waals surface area contributed by atoms with Gasteiger partial charge in [0.05, 0.1) is 0 Å². The van der Waals surface area contributed by atoms with Crippen LogP contribution in [0.15, 0.2) is 30.5 Å². The summed E-state index contributed by atoms with van der Waals surface area (Å²) in [7, 11) is 0. The number of carbonyl (C=O) groups excluding carboxylic acids is 1. The Morgan fingerprint density at radius 2 is 2.25 bits per heavy atom. The van der Waals surface area contributed by atoms with E-state index in [1.165, 1.54) is 0 Å². The summed E-state index contributed by atoms with van der Waals surface area (Å²) in [5.41, 5.74) is 2.07. The molecule has 1 heterocycles. The van der Waals surface area contributed by atoms with Crippen molar-refractivity contribution in [3.63, 3.8) is 0 Å². The topological polar surface area (TPSA) is 30.0 Å². The Morgan fingerprint density at radius 1 is 1.58 bits per heavy atom. The van der Waals surface area contributed by atoms with Gasteiger partial charge in [-0.2, -0.15) is 0 Å². The van der Waals surface area contributed by atoms with Crippen LogP contribution in [0.2, 0.25) is 0 Å². The summed E-state index contributed by atoms with van der Waals surface area (Å²) in [6.45, 7) is 7.15. The number of aryl methyl sites for hydroxylation is 1. The van der Waals surface area contributed by atoms with Gasteiger partial charge in [0.25, 0.3) is 0 Å². The fraction of sp³-hybridized carbons (Fsp3) is 0.200. The molecule has 0 amide bonds. The van der Waals surface area contributed by atoms with E-state index in [-0.39, 0.29) is 5.78 Å².